The smallest absolute Gasteiger partial charge is 0.412 e. The molecule has 1 amide bonds. The summed E-state index contributed by atoms with van der Waals surface area (Å²) in [5.74, 6) is -0.159. The van der Waals surface area contributed by atoms with Crippen LogP contribution >= 0.6 is 11.5 Å². The van der Waals surface area contributed by atoms with E-state index in [9.17, 15) is 9.59 Å². The van der Waals surface area contributed by atoms with Crippen LogP contribution in [0.25, 0.3) is 21.6 Å². The van der Waals surface area contributed by atoms with Gasteiger partial charge in [-0.1, -0.05) is 72.8 Å². The number of nitrogens with zero attached hydrogens (tertiary/aromatic N) is 1. The maximum absolute atomic E-state index is 12.5. The number of aryl methyl sites for hydroxylation is 2. The largest absolute Gasteiger partial charge is 0.468 e. The van der Waals surface area contributed by atoms with Crippen molar-refractivity contribution in [2.45, 2.75) is 38.7 Å². The van der Waals surface area contributed by atoms with Crippen molar-refractivity contribution in [2.24, 2.45) is 0 Å². The van der Waals surface area contributed by atoms with E-state index in [4.69, 9.17) is 9.47 Å². The molecule has 6 nitrogen and oxygen atoms in total. The van der Waals surface area contributed by atoms with Crippen molar-refractivity contribution in [3.05, 3.63) is 95.2 Å². The first-order valence-electron chi connectivity index (χ1n) is 12.2. The number of ether oxygens (including phenoxy) is 2. The van der Waals surface area contributed by atoms with E-state index >= 15 is 0 Å². The quantitative estimate of drug-likeness (QED) is 0.269. The number of benzene rings is 3. The lowest BCUT2D eigenvalue weighted by molar-refractivity contribution is -0.143. The molecule has 0 bridgehead atoms. The van der Waals surface area contributed by atoms with E-state index in [2.05, 4.69) is 9.69 Å². The van der Waals surface area contributed by atoms with Crippen LogP contribution in [0.2, 0.25) is 0 Å². The maximum Gasteiger partial charge on any atom is 0.412 e. The highest BCUT2D eigenvalue weighted by molar-refractivity contribution is 7.10. The molecule has 0 aliphatic heterocycles. The summed E-state index contributed by atoms with van der Waals surface area (Å²) in [4.78, 5) is 25.6. The summed E-state index contributed by atoms with van der Waals surface area (Å²) < 4.78 is 14.9. The van der Waals surface area contributed by atoms with E-state index in [1.54, 1.807) is 0 Å². The van der Waals surface area contributed by atoms with Gasteiger partial charge in [0.2, 0.25) is 0 Å². The summed E-state index contributed by atoms with van der Waals surface area (Å²) in [5, 5.41) is 2.88. The Morgan fingerprint density at radius 2 is 1.54 bits per heavy atom. The first kappa shape index (κ1) is 24.7. The molecule has 1 aliphatic carbocycles. The minimum absolute atomic E-state index is 0.159. The third-order valence-corrected chi connectivity index (χ3v) is 7.94. The number of hydrogen-bond donors (Lipinski definition) is 1. The van der Waals surface area contributed by atoms with Gasteiger partial charge in [-0.3, -0.25) is 10.1 Å². The number of aromatic nitrogens is 1. The van der Waals surface area contributed by atoms with E-state index < -0.39 is 11.5 Å². The fourth-order valence-electron chi connectivity index (χ4n) is 4.49. The van der Waals surface area contributed by atoms with Crippen molar-refractivity contribution in [3.8, 4) is 21.6 Å². The molecule has 1 saturated carbocycles. The second-order valence-corrected chi connectivity index (χ2v) is 10.1. The monoisotopic (exact) mass is 512 g/mol. The number of nitrogens with one attached hydrogen (secondary N) is 1. The van der Waals surface area contributed by atoms with Gasteiger partial charge in [0.1, 0.15) is 6.61 Å². The highest BCUT2D eigenvalue weighted by atomic mass is 32.1. The zero-order valence-electron chi connectivity index (χ0n) is 21.0. The first-order valence-corrected chi connectivity index (χ1v) is 12.9. The van der Waals surface area contributed by atoms with Crippen LogP contribution in [0.5, 0.6) is 0 Å². The third kappa shape index (κ3) is 5.00. The molecule has 5 rings (SSSR count). The SMILES string of the molecule is COC(=O)C1(c2ccc(-c3ccc(-c4snc(C)c4NC(=O)OCc4ccccc4C)cc3)cc2)CC1. The number of carbonyl (C=O) groups is 2. The lowest BCUT2D eigenvalue weighted by Crippen LogP contribution is -2.21. The van der Waals surface area contributed by atoms with E-state index in [1.807, 2.05) is 86.6 Å². The van der Waals surface area contributed by atoms with Gasteiger partial charge in [0.05, 0.1) is 28.8 Å². The number of rotatable bonds is 7. The molecule has 0 spiro atoms. The highest BCUT2D eigenvalue weighted by Crippen LogP contribution is 2.49. The van der Waals surface area contributed by atoms with Crippen molar-refractivity contribution in [2.75, 3.05) is 12.4 Å². The molecular weight excluding hydrogens is 484 g/mol. The first-order chi connectivity index (χ1) is 17.9. The van der Waals surface area contributed by atoms with Crippen LogP contribution in [-0.2, 0) is 26.3 Å². The number of esters is 1. The molecule has 0 saturated heterocycles. The maximum atomic E-state index is 12.5. The predicted octanol–water partition coefficient (Wildman–Crippen LogP) is 7.05. The van der Waals surface area contributed by atoms with Gasteiger partial charge in [-0.25, -0.2) is 4.79 Å². The fraction of sp³-hybridized carbons (Fsp3) is 0.233. The van der Waals surface area contributed by atoms with Crippen LogP contribution in [0.1, 0.15) is 35.2 Å². The van der Waals surface area contributed by atoms with Crippen molar-refractivity contribution in [1.82, 2.24) is 4.37 Å². The van der Waals surface area contributed by atoms with Gasteiger partial charge in [0.15, 0.2) is 0 Å². The second-order valence-electron chi connectivity index (χ2n) is 9.33. The fourth-order valence-corrected chi connectivity index (χ4v) is 5.35. The summed E-state index contributed by atoms with van der Waals surface area (Å²) >= 11 is 1.34. The molecule has 0 radical (unpaired) electrons. The van der Waals surface area contributed by atoms with Crippen molar-refractivity contribution in [3.63, 3.8) is 0 Å². The van der Waals surface area contributed by atoms with Crippen LogP contribution in [-0.4, -0.2) is 23.5 Å². The Hall–Kier alpha value is -3.97. The van der Waals surface area contributed by atoms with Crippen LogP contribution in [0.4, 0.5) is 10.5 Å². The molecule has 37 heavy (non-hydrogen) atoms. The summed E-state index contributed by atoms with van der Waals surface area (Å²) in [6, 6.07) is 24.1. The van der Waals surface area contributed by atoms with Crippen LogP contribution in [0.3, 0.4) is 0 Å². The van der Waals surface area contributed by atoms with E-state index in [0.717, 1.165) is 56.8 Å². The Morgan fingerprint density at radius 1 is 0.919 bits per heavy atom. The number of carbonyl (C=O) groups excluding carboxylic acids is 2. The molecule has 3 aromatic carbocycles. The van der Waals surface area contributed by atoms with Crippen molar-refractivity contribution >= 4 is 29.3 Å². The minimum Gasteiger partial charge on any atom is -0.468 e. The molecule has 188 valence electrons. The summed E-state index contributed by atoms with van der Waals surface area (Å²) in [7, 11) is 1.44. The summed E-state index contributed by atoms with van der Waals surface area (Å²) in [6.45, 7) is 4.07. The molecule has 0 unspecified atom stereocenters. The predicted molar refractivity (Wildman–Crippen MR) is 146 cm³/mol. The molecule has 0 atom stereocenters. The molecule has 1 fully saturated rings. The van der Waals surface area contributed by atoms with Gasteiger partial charge in [-0.15, -0.1) is 0 Å². The van der Waals surface area contributed by atoms with Crippen LogP contribution in [0.15, 0.2) is 72.8 Å². The Labute approximate surface area is 220 Å². The second kappa shape index (κ2) is 10.2. The third-order valence-electron chi connectivity index (χ3n) is 6.95. The van der Waals surface area contributed by atoms with E-state index in [1.165, 1.54) is 18.6 Å². The van der Waals surface area contributed by atoms with E-state index in [-0.39, 0.29) is 12.6 Å². The number of anilines is 1. The van der Waals surface area contributed by atoms with Gasteiger partial charge < -0.3 is 9.47 Å². The minimum atomic E-state index is -0.509. The standard InChI is InChI=1S/C30H28N2O4S/c1-19-6-4-5-7-24(19)18-36-29(34)31-26-20(2)32-37-27(26)23-10-8-21(9-11-23)22-12-14-25(15-13-22)30(16-17-30)28(33)35-3/h4-15H,16-18H2,1-3H3,(H,31,34). The van der Waals surface area contributed by atoms with Crippen LogP contribution in [0, 0.1) is 13.8 Å². The molecule has 1 aromatic heterocycles. The number of amides is 1. The molecule has 1 aliphatic rings. The van der Waals surface area contributed by atoms with Gasteiger partial charge in [-0.2, -0.15) is 4.37 Å². The highest BCUT2D eigenvalue weighted by Gasteiger charge is 2.52. The molecule has 4 aromatic rings. The van der Waals surface area contributed by atoms with Crippen LogP contribution < -0.4 is 5.32 Å². The Morgan fingerprint density at radius 3 is 2.16 bits per heavy atom. The van der Waals surface area contributed by atoms with Crippen molar-refractivity contribution < 1.29 is 19.1 Å². The molecule has 7 heteroatoms. The summed E-state index contributed by atoms with van der Waals surface area (Å²) in [6.07, 6.45) is 1.15. The van der Waals surface area contributed by atoms with Gasteiger partial charge in [-0.05, 0) is 71.6 Å². The molecular formula is C30H28N2O4S. The zero-order valence-corrected chi connectivity index (χ0v) is 21.9. The topological polar surface area (TPSA) is 77.5 Å². The Bertz CT molecular complexity index is 1440. The average molecular weight is 513 g/mol. The van der Waals surface area contributed by atoms with Gasteiger partial charge in [0.25, 0.3) is 0 Å². The average Bonchev–Trinajstić information content (AvgIpc) is 3.67. The van der Waals surface area contributed by atoms with Gasteiger partial charge >= 0.3 is 12.1 Å². The zero-order chi connectivity index (χ0) is 26.0. The normalized spacial score (nSPS) is 13.6. The van der Waals surface area contributed by atoms with Crippen molar-refractivity contribution in [1.29, 1.82) is 0 Å². The summed E-state index contributed by atoms with van der Waals surface area (Å²) in [5.41, 5.74) is 7.08. The van der Waals surface area contributed by atoms with Gasteiger partial charge in [0, 0.05) is 0 Å². The Kier molecular flexibility index (Phi) is 6.80. The molecule has 1 heterocycles. The number of hydrogen-bond acceptors (Lipinski definition) is 6. The lowest BCUT2D eigenvalue weighted by Gasteiger charge is -2.13. The lowest BCUT2D eigenvalue weighted by atomic mass is 9.93. The van der Waals surface area contributed by atoms with E-state index in [0.29, 0.717) is 5.69 Å². The Balaban J connectivity index is 1.28. The number of methoxy groups -OCH3 is 1. The molecule has 1 N–H and O–H groups in total.